The Hall–Kier alpha value is -0.200. The molecule has 14 heavy (non-hydrogen) atoms. The molecule has 0 aromatic carbocycles. The van der Waals surface area contributed by atoms with Crippen LogP contribution >= 0.6 is 0 Å². The van der Waals surface area contributed by atoms with E-state index in [1.54, 1.807) is 0 Å². The minimum Gasteiger partial charge on any atom is -0.388 e. The van der Waals surface area contributed by atoms with Crippen LogP contribution in [0.1, 0.15) is 20.3 Å². The molecule has 0 saturated carbocycles. The van der Waals surface area contributed by atoms with Crippen molar-refractivity contribution in [1.82, 2.24) is 0 Å². The van der Waals surface area contributed by atoms with Crippen LogP contribution in [0.5, 0.6) is 0 Å². The molecular formula is C9H18O5. The zero-order valence-corrected chi connectivity index (χ0v) is 8.42. The SMILES string of the molecule is CC(C)CC1(O)OCC(O)[C@@H](O)[C@@H]1O. The second kappa shape index (κ2) is 4.12. The van der Waals surface area contributed by atoms with Crippen molar-refractivity contribution < 1.29 is 25.2 Å². The third kappa shape index (κ3) is 2.24. The van der Waals surface area contributed by atoms with Crippen molar-refractivity contribution in [2.75, 3.05) is 6.61 Å². The fourth-order valence-corrected chi connectivity index (χ4v) is 1.66. The molecule has 0 amide bonds. The summed E-state index contributed by atoms with van der Waals surface area (Å²) >= 11 is 0. The lowest BCUT2D eigenvalue weighted by Gasteiger charge is -2.42. The quantitative estimate of drug-likeness (QED) is 0.457. The highest BCUT2D eigenvalue weighted by atomic mass is 16.6. The first-order valence-corrected chi connectivity index (χ1v) is 4.77. The Morgan fingerprint density at radius 3 is 2.43 bits per heavy atom. The second-order valence-electron chi connectivity index (χ2n) is 4.26. The van der Waals surface area contributed by atoms with Gasteiger partial charge in [-0.2, -0.15) is 0 Å². The van der Waals surface area contributed by atoms with Gasteiger partial charge < -0.3 is 25.2 Å². The Balaban J connectivity index is 2.69. The molecule has 0 bridgehead atoms. The van der Waals surface area contributed by atoms with Gasteiger partial charge in [-0.1, -0.05) is 13.8 Å². The molecule has 84 valence electrons. The molecule has 1 rings (SSSR count). The molecule has 0 aliphatic carbocycles. The molecule has 1 saturated heterocycles. The second-order valence-corrected chi connectivity index (χ2v) is 4.26. The van der Waals surface area contributed by atoms with E-state index in [1.807, 2.05) is 13.8 Å². The van der Waals surface area contributed by atoms with Crippen molar-refractivity contribution in [3.63, 3.8) is 0 Å². The van der Waals surface area contributed by atoms with Gasteiger partial charge in [0.05, 0.1) is 6.61 Å². The van der Waals surface area contributed by atoms with Crippen LogP contribution < -0.4 is 0 Å². The maximum absolute atomic E-state index is 9.86. The van der Waals surface area contributed by atoms with Crippen LogP contribution in [0.3, 0.4) is 0 Å². The van der Waals surface area contributed by atoms with E-state index in [2.05, 4.69) is 0 Å². The van der Waals surface area contributed by atoms with Gasteiger partial charge in [0.2, 0.25) is 0 Å². The fourth-order valence-electron chi connectivity index (χ4n) is 1.66. The average molecular weight is 206 g/mol. The molecular weight excluding hydrogens is 188 g/mol. The summed E-state index contributed by atoms with van der Waals surface area (Å²) in [6.07, 6.45) is -3.74. The number of aliphatic hydroxyl groups is 4. The van der Waals surface area contributed by atoms with Gasteiger partial charge in [0.25, 0.3) is 0 Å². The van der Waals surface area contributed by atoms with Crippen LogP contribution in [0, 0.1) is 5.92 Å². The minimum absolute atomic E-state index is 0.122. The summed E-state index contributed by atoms with van der Waals surface area (Å²) in [6, 6.07) is 0. The van der Waals surface area contributed by atoms with E-state index < -0.39 is 24.1 Å². The zero-order valence-electron chi connectivity index (χ0n) is 8.42. The van der Waals surface area contributed by atoms with E-state index in [9.17, 15) is 15.3 Å². The highest BCUT2D eigenvalue weighted by molar-refractivity contribution is 4.91. The van der Waals surface area contributed by atoms with Crippen LogP contribution in [0.15, 0.2) is 0 Å². The van der Waals surface area contributed by atoms with Gasteiger partial charge in [0.15, 0.2) is 5.79 Å². The Labute approximate surface area is 82.9 Å². The number of rotatable bonds is 2. The molecule has 1 fully saturated rings. The van der Waals surface area contributed by atoms with Crippen LogP contribution in [0.25, 0.3) is 0 Å². The molecule has 4 atom stereocenters. The summed E-state index contributed by atoms with van der Waals surface area (Å²) < 4.78 is 4.97. The van der Waals surface area contributed by atoms with E-state index in [0.717, 1.165) is 0 Å². The normalized spacial score (nSPS) is 44.4. The Bertz CT molecular complexity index is 196. The van der Waals surface area contributed by atoms with E-state index in [4.69, 9.17) is 9.84 Å². The van der Waals surface area contributed by atoms with Gasteiger partial charge in [-0.15, -0.1) is 0 Å². The highest BCUT2D eigenvalue weighted by Crippen LogP contribution is 2.29. The molecule has 0 radical (unpaired) electrons. The number of ether oxygens (including phenoxy) is 1. The molecule has 5 heteroatoms. The maximum atomic E-state index is 9.86. The third-order valence-electron chi connectivity index (χ3n) is 2.38. The summed E-state index contributed by atoms with van der Waals surface area (Å²) in [5.41, 5.74) is 0. The predicted octanol–water partition coefficient (Wildman–Crippen LogP) is -1.17. The van der Waals surface area contributed by atoms with Crippen molar-refractivity contribution in [3.05, 3.63) is 0 Å². The molecule has 1 aliphatic rings. The zero-order chi connectivity index (χ0) is 10.9. The van der Waals surface area contributed by atoms with Crippen molar-refractivity contribution in [1.29, 1.82) is 0 Å². The monoisotopic (exact) mass is 206 g/mol. The largest absolute Gasteiger partial charge is 0.388 e. The lowest BCUT2D eigenvalue weighted by atomic mass is 9.90. The highest BCUT2D eigenvalue weighted by Gasteiger charge is 2.48. The number of hydrogen-bond acceptors (Lipinski definition) is 5. The molecule has 0 aromatic heterocycles. The molecule has 1 heterocycles. The first-order chi connectivity index (χ1) is 6.37. The Morgan fingerprint density at radius 2 is 1.93 bits per heavy atom. The lowest BCUT2D eigenvalue weighted by molar-refractivity contribution is -0.326. The third-order valence-corrected chi connectivity index (χ3v) is 2.38. The van der Waals surface area contributed by atoms with E-state index in [0.29, 0.717) is 0 Å². The Kier molecular flexibility index (Phi) is 3.49. The first kappa shape index (κ1) is 11.9. The van der Waals surface area contributed by atoms with Crippen LogP contribution in [-0.2, 0) is 4.74 Å². The Morgan fingerprint density at radius 1 is 1.36 bits per heavy atom. The molecule has 5 nitrogen and oxygen atoms in total. The first-order valence-electron chi connectivity index (χ1n) is 4.77. The van der Waals surface area contributed by atoms with Crippen LogP contribution in [0.4, 0.5) is 0 Å². The number of aliphatic hydroxyl groups excluding tert-OH is 3. The van der Waals surface area contributed by atoms with E-state index in [-0.39, 0.29) is 18.9 Å². The summed E-state index contributed by atoms with van der Waals surface area (Å²) in [5, 5.41) is 37.9. The molecule has 4 N–H and O–H groups in total. The molecule has 2 unspecified atom stereocenters. The lowest BCUT2D eigenvalue weighted by Crippen LogP contribution is -2.61. The number of hydrogen-bond donors (Lipinski definition) is 4. The van der Waals surface area contributed by atoms with Crippen molar-refractivity contribution in [2.24, 2.45) is 5.92 Å². The summed E-state index contributed by atoms with van der Waals surface area (Å²) in [5.74, 6) is -1.62. The van der Waals surface area contributed by atoms with E-state index in [1.165, 1.54) is 0 Å². The molecule has 0 aromatic rings. The van der Waals surface area contributed by atoms with Crippen molar-refractivity contribution >= 4 is 0 Å². The van der Waals surface area contributed by atoms with Gasteiger partial charge in [-0.05, 0) is 5.92 Å². The van der Waals surface area contributed by atoms with Gasteiger partial charge in [0.1, 0.15) is 18.3 Å². The average Bonchev–Trinajstić information content (AvgIpc) is 2.08. The molecule has 0 spiro atoms. The van der Waals surface area contributed by atoms with Gasteiger partial charge in [-0.25, -0.2) is 0 Å². The van der Waals surface area contributed by atoms with Crippen LogP contribution in [-0.4, -0.2) is 51.1 Å². The van der Waals surface area contributed by atoms with Crippen molar-refractivity contribution in [2.45, 2.75) is 44.4 Å². The minimum atomic E-state index is -1.74. The van der Waals surface area contributed by atoms with E-state index >= 15 is 0 Å². The molecule has 1 aliphatic heterocycles. The predicted molar refractivity (Wildman–Crippen MR) is 48.4 cm³/mol. The standard InChI is InChI=1S/C9H18O5/c1-5(2)3-9(13)8(12)7(11)6(10)4-14-9/h5-8,10-13H,3-4H2,1-2H3/t6?,7-,8+,9?/m1/s1. The smallest absolute Gasteiger partial charge is 0.194 e. The summed E-state index contributed by atoms with van der Waals surface area (Å²) in [7, 11) is 0. The van der Waals surface area contributed by atoms with Crippen molar-refractivity contribution in [3.8, 4) is 0 Å². The van der Waals surface area contributed by atoms with Gasteiger partial charge in [-0.3, -0.25) is 0 Å². The topological polar surface area (TPSA) is 90.2 Å². The summed E-state index contributed by atoms with van der Waals surface area (Å²) in [6.45, 7) is 3.57. The maximum Gasteiger partial charge on any atom is 0.194 e. The fraction of sp³-hybridized carbons (Fsp3) is 1.00. The van der Waals surface area contributed by atoms with Crippen LogP contribution in [0.2, 0.25) is 0 Å². The van der Waals surface area contributed by atoms with Gasteiger partial charge >= 0.3 is 0 Å². The van der Waals surface area contributed by atoms with Gasteiger partial charge in [0, 0.05) is 6.42 Å². The summed E-state index contributed by atoms with van der Waals surface area (Å²) in [4.78, 5) is 0.